The lowest BCUT2D eigenvalue weighted by Crippen LogP contribution is -2.33. The third-order valence-corrected chi connectivity index (χ3v) is 3.52. The molecule has 5 nitrogen and oxygen atoms in total. The maximum atomic E-state index is 5.32. The molecule has 0 aliphatic rings. The molecule has 112 valence electrons. The Morgan fingerprint density at radius 3 is 2.73 bits per heavy atom. The van der Waals surface area contributed by atoms with Gasteiger partial charge in [-0.15, -0.1) is 0 Å². The van der Waals surface area contributed by atoms with Crippen LogP contribution < -0.4 is 15.5 Å². The second kappa shape index (κ2) is 6.44. The zero-order valence-corrected chi connectivity index (χ0v) is 12.9. The fourth-order valence-electron chi connectivity index (χ4n) is 2.12. The molecule has 3 rings (SSSR count). The molecular weight excluding hydrogens is 296 g/mol. The first-order chi connectivity index (χ1) is 10.8. The number of imidazole rings is 1. The molecule has 0 amide bonds. The van der Waals surface area contributed by atoms with Gasteiger partial charge in [0, 0.05) is 6.54 Å². The van der Waals surface area contributed by atoms with Crippen LogP contribution in [0.3, 0.4) is 0 Å². The van der Waals surface area contributed by atoms with Gasteiger partial charge >= 0.3 is 0 Å². The number of ether oxygens (including phenoxy) is 1. The molecule has 3 aromatic rings. The predicted octanol–water partition coefficient (Wildman–Crippen LogP) is 2.66. The maximum absolute atomic E-state index is 5.32. The van der Waals surface area contributed by atoms with E-state index in [1.54, 1.807) is 18.1 Å². The summed E-state index contributed by atoms with van der Waals surface area (Å²) >= 11 is 5.32. The minimum atomic E-state index is 0.541. The standard InChI is InChI=1S/C16H16N4OS/c1-21-13-8-6-12(7-9-13)10-17-16(22)19-20-11-18-14-4-2-3-5-15(14)20/h2-9,11H,10H2,1H3,(H2,17,19,22). The molecule has 0 spiro atoms. The molecule has 0 saturated carbocycles. The first-order valence-corrected chi connectivity index (χ1v) is 7.27. The van der Waals surface area contributed by atoms with Gasteiger partial charge in [0.05, 0.1) is 18.1 Å². The average Bonchev–Trinajstić information content (AvgIpc) is 2.97. The number of thiocarbonyl (C=S) groups is 1. The van der Waals surface area contributed by atoms with Crippen molar-refractivity contribution in [3.8, 4) is 5.75 Å². The van der Waals surface area contributed by atoms with Crippen molar-refractivity contribution in [2.24, 2.45) is 0 Å². The Morgan fingerprint density at radius 1 is 1.18 bits per heavy atom. The Morgan fingerprint density at radius 2 is 1.95 bits per heavy atom. The first kappa shape index (κ1) is 14.3. The number of rotatable bonds is 4. The lowest BCUT2D eigenvalue weighted by atomic mass is 10.2. The van der Waals surface area contributed by atoms with Crippen LogP contribution in [-0.4, -0.2) is 21.9 Å². The van der Waals surface area contributed by atoms with E-state index in [1.165, 1.54) is 0 Å². The van der Waals surface area contributed by atoms with Crippen LogP contribution in [0.15, 0.2) is 54.9 Å². The molecule has 0 bridgehead atoms. The summed E-state index contributed by atoms with van der Waals surface area (Å²) in [5.41, 5.74) is 6.14. The summed E-state index contributed by atoms with van der Waals surface area (Å²) in [4.78, 5) is 4.31. The largest absolute Gasteiger partial charge is 0.497 e. The van der Waals surface area contributed by atoms with Gasteiger partial charge in [-0.05, 0) is 42.0 Å². The Kier molecular flexibility index (Phi) is 4.20. The molecule has 0 radical (unpaired) electrons. The average molecular weight is 312 g/mol. The number of fused-ring (bicyclic) bond motifs is 1. The summed E-state index contributed by atoms with van der Waals surface area (Å²) < 4.78 is 6.94. The van der Waals surface area contributed by atoms with E-state index in [4.69, 9.17) is 17.0 Å². The van der Waals surface area contributed by atoms with Crippen molar-refractivity contribution in [2.75, 3.05) is 12.5 Å². The molecule has 0 fully saturated rings. The van der Waals surface area contributed by atoms with E-state index in [9.17, 15) is 0 Å². The second-order valence-corrected chi connectivity index (χ2v) is 5.15. The molecule has 1 heterocycles. The number of nitrogens with zero attached hydrogens (tertiary/aromatic N) is 2. The van der Waals surface area contributed by atoms with E-state index in [-0.39, 0.29) is 0 Å². The van der Waals surface area contributed by atoms with Crippen molar-refractivity contribution in [3.05, 3.63) is 60.4 Å². The summed E-state index contributed by atoms with van der Waals surface area (Å²) in [6, 6.07) is 15.7. The zero-order chi connectivity index (χ0) is 15.4. The van der Waals surface area contributed by atoms with E-state index in [0.29, 0.717) is 11.7 Å². The molecule has 0 aliphatic heterocycles. The van der Waals surface area contributed by atoms with Crippen molar-refractivity contribution in [2.45, 2.75) is 6.54 Å². The van der Waals surface area contributed by atoms with Crippen LogP contribution in [0, 0.1) is 0 Å². The molecule has 2 aromatic carbocycles. The van der Waals surface area contributed by atoms with E-state index >= 15 is 0 Å². The molecule has 2 N–H and O–H groups in total. The molecule has 6 heteroatoms. The first-order valence-electron chi connectivity index (χ1n) is 6.86. The smallest absolute Gasteiger partial charge is 0.185 e. The fourth-order valence-corrected chi connectivity index (χ4v) is 2.29. The van der Waals surface area contributed by atoms with Gasteiger partial charge in [-0.1, -0.05) is 24.3 Å². The van der Waals surface area contributed by atoms with Gasteiger partial charge in [0.15, 0.2) is 5.11 Å². The lowest BCUT2D eigenvalue weighted by Gasteiger charge is -2.12. The molecule has 0 unspecified atom stereocenters. The third-order valence-electron chi connectivity index (χ3n) is 3.29. The second-order valence-electron chi connectivity index (χ2n) is 4.75. The van der Waals surface area contributed by atoms with E-state index in [1.807, 2.05) is 48.5 Å². The van der Waals surface area contributed by atoms with Crippen LogP contribution in [0.4, 0.5) is 0 Å². The number of methoxy groups -OCH3 is 1. The summed E-state index contributed by atoms with van der Waals surface area (Å²) in [5, 5.41) is 3.71. The Balaban J connectivity index is 1.60. The Labute approximate surface area is 133 Å². The van der Waals surface area contributed by atoms with Crippen molar-refractivity contribution < 1.29 is 4.74 Å². The molecule has 0 aliphatic carbocycles. The van der Waals surface area contributed by atoms with Crippen LogP contribution in [0.1, 0.15) is 5.56 Å². The lowest BCUT2D eigenvalue weighted by molar-refractivity contribution is 0.414. The van der Waals surface area contributed by atoms with Gasteiger partial charge in [0.1, 0.15) is 12.1 Å². The number of aromatic nitrogens is 2. The topological polar surface area (TPSA) is 51.1 Å². The van der Waals surface area contributed by atoms with Crippen LogP contribution >= 0.6 is 12.2 Å². The summed E-state index contributed by atoms with van der Waals surface area (Å²) in [5.74, 6) is 0.842. The third kappa shape index (κ3) is 3.17. The Hall–Kier alpha value is -2.60. The van der Waals surface area contributed by atoms with Crippen LogP contribution in [-0.2, 0) is 6.54 Å². The minimum absolute atomic E-state index is 0.541. The highest BCUT2D eigenvalue weighted by Gasteiger charge is 2.03. The molecule has 0 saturated heterocycles. The SMILES string of the molecule is COc1ccc(CNC(=S)Nn2cnc3ccccc32)cc1. The van der Waals surface area contributed by atoms with Crippen molar-refractivity contribution >= 4 is 28.4 Å². The highest BCUT2D eigenvalue weighted by atomic mass is 32.1. The van der Waals surface area contributed by atoms with Crippen molar-refractivity contribution in [1.82, 2.24) is 15.0 Å². The quantitative estimate of drug-likeness (QED) is 0.725. The Bertz CT molecular complexity index is 782. The number of benzene rings is 2. The van der Waals surface area contributed by atoms with Crippen molar-refractivity contribution in [1.29, 1.82) is 0 Å². The van der Waals surface area contributed by atoms with E-state index in [2.05, 4.69) is 15.7 Å². The highest BCUT2D eigenvalue weighted by Crippen LogP contribution is 2.11. The molecule has 0 atom stereocenters. The van der Waals surface area contributed by atoms with Gasteiger partial charge in [0.25, 0.3) is 0 Å². The van der Waals surface area contributed by atoms with Crippen LogP contribution in [0.25, 0.3) is 11.0 Å². The number of para-hydroxylation sites is 2. The van der Waals surface area contributed by atoms with E-state index in [0.717, 1.165) is 22.3 Å². The summed E-state index contributed by atoms with van der Waals surface area (Å²) in [6.07, 6.45) is 1.71. The highest BCUT2D eigenvalue weighted by molar-refractivity contribution is 7.80. The van der Waals surface area contributed by atoms with Crippen LogP contribution in [0.2, 0.25) is 0 Å². The zero-order valence-electron chi connectivity index (χ0n) is 12.1. The molecule has 22 heavy (non-hydrogen) atoms. The van der Waals surface area contributed by atoms with Gasteiger partial charge in [0.2, 0.25) is 0 Å². The number of hydrogen-bond acceptors (Lipinski definition) is 3. The maximum Gasteiger partial charge on any atom is 0.185 e. The van der Waals surface area contributed by atoms with E-state index < -0.39 is 0 Å². The number of hydrogen-bond donors (Lipinski definition) is 2. The normalized spacial score (nSPS) is 10.4. The van der Waals surface area contributed by atoms with Crippen molar-refractivity contribution in [3.63, 3.8) is 0 Å². The summed E-state index contributed by atoms with van der Waals surface area (Å²) in [7, 11) is 1.65. The fraction of sp³-hybridized carbons (Fsp3) is 0.125. The van der Waals surface area contributed by atoms with Gasteiger partial charge in [-0.3, -0.25) is 5.43 Å². The summed E-state index contributed by atoms with van der Waals surface area (Å²) in [6.45, 7) is 0.641. The minimum Gasteiger partial charge on any atom is -0.497 e. The molecule has 1 aromatic heterocycles. The monoisotopic (exact) mass is 312 g/mol. The van der Waals surface area contributed by atoms with Gasteiger partial charge in [-0.25, -0.2) is 9.66 Å². The van der Waals surface area contributed by atoms with Crippen LogP contribution in [0.5, 0.6) is 5.75 Å². The van der Waals surface area contributed by atoms with Gasteiger partial charge in [-0.2, -0.15) is 0 Å². The van der Waals surface area contributed by atoms with Gasteiger partial charge < -0.3 is 10.1 Å². The molecular formula is C16H16N4OS. The predicted molar refractivity (Wildman–Crippen MR) is 91.5 cm³/mol. The number of nitrogens with one attached hydrogen (secondary N) is 2.